The number of nitrogens with one attached hydrogen (secondary N) is 2. The Bertz CT molecular complexity index is 719. The summed E-state index contributed by atoms with van der Waals surface area (Å²) in [7, 11) is 0. The van der Waals surface area contributed by atoms with E-state index in [-0.39, 0.29) is 17.8 Å². The standard InChI is InChI=1S/C16H18ClF3N4/c1-4-10(3)21-15-23-13(16(18,19)20)8-14(24-15)22-12-7-11(17)6-5-9(12)2/h5-8,10H,4H2,1-3H3,(H2,21,22,23,24)/t10-/m0/s1. The van der Waals surface area contributed by atoms with Gasteiger partial charge in [-0.1, -0.05) is 24.6 Å². The molecule has 2 N–H and O–H groups in total. The molecule has 1 aromatic carbocycles. The Morgan fingerprint density at radius 2 is 1.92 bits per heavy atom. The van der Waals surface area contributed by atoms with Gasteiger partial charge in [0.2, 0.25) is 5.95 Å². The van der Waals surface area contributed by atoms with Crippen LogP contribution < -0.4 is 10.6 Å². The van der Waals surface area contributed by atoms with Crippen LogP contribution in [0.5, 0.6) is 0 Å². The molecule has 24 heavy (non-hydrogen) atoms. The smallest absolute Gasteiger partial charge is 0.352 e. The highest BCUT2D eigenvalue weighted by atomic mass is 35.5. The maximum Gasteiger partial charge on any atom is 0.433 e. The second-order valence-electron chi connectivity index (χ2n) is 5.50. The lowest BCUT2D eigenvalue weighted by Crippen LogP contribution is -2.18. The fourth-order valence-electron chi connectivity index (χ4n) is 1.91. The molecule has 0 aliphatic carbocycles. The zero-order chi connectivity index (χ0) is 17.9. The molecular formula is C16H18ClF3N4. The highest BCUT2D eigenvalue weighted by molar-refractivity contribution is 6.30. The van der Waals surface area contributed by atoms with Crippen molar-refractivity contribution in [2.75, 3.05) is 10.6 Å². The van der Waals surface area contributed by atoms with Crippen LogP contribution in [0.15, 0.2) is 24.3 Å². The molecule has 0 unspecified atom stereocenters. The first-order valence-electron chi connectivity index (χ1n) is 7.45. The number of rotatable bonds is 5. The number of nitrogens with zero attached hydrogens (tertiary/aromatic N) is 2. The monoisotopic (exact) mass is 358 g/mol. The van der Waals surface area contributed by atoms with E-state index in [0.717, 1.165) is 18.1 Å². The molecule has 0 saturated heterocycles. The second-order valence-corrected chi connectivity index (χ2v) is 5.93. The molecule has 1 heterocycles. The van der Waals surface area contributed by atoms with Gasteiger partial charge in [-0.2, -0.15) is 18.2 Å². The van der Waals surface area contributed by atoms with Crippen LogP contribution in [0.1, 0.15) is 31.5 Å². The summed E-state index contributed by atoms with van der Waals surface area (Å²) in [6.45, 7) is 5.58. The molecule has 8 heteroatoms. The van der Waals surface area contributed by atoms with Crippen LogP contribution in [0.2, 0.25) is 5.02 Å². The zero-order valence-electron chi connectivity index (χ0n) is 13.5. The van der Waals surface area contributed by atoms with Crippen molar-refractivity contribution in [1.82, 2.24) is 9.97 Å². The average Bonchev–Trinajstić information content (AvgIpc) is 2.49. The number of halogens is 4. The Morgan fingerprint density at radius 3 is 2.54 bits per heavy atom. The fraction of sp³-hybridized carbons (Fsp3) is 0.375. The predicted molar refractivity (Wildman–Crippen MR) is 89.9 cm³/mol. The molecule has 0 amide bonds. The van der Waals surface area contributed by atoms with E-state index >= 15 is 0 Å². The molecule has 0 spiro atoms. The summed E-state index contributed by atoms with van der Waals surface area (Å²) in [6, 6.07) is 5.94. The van der Waals surface area contributed by atoms with E-state index in [1.54, 1.807) is 18.2 Å². The van der Waals surface area contributed by atoms with Gasteiger partial charge in [0, 0.05) is 22.8 Å². The largest absolute Gasteiger partial charge is 0.433 e. The SMILES string of the molecule is CC[C@H](C)Nc1nc(Nc2cc(Cl)ccc2C)cc(C(F)(F)F)n1. The number of aromatic nitrogens is 2. The van der Waals surface area contributed by atoms with Crippen molar-refractivity contribution in [1.29, 1.82) is 0 Å². The Kier molecular flexibility index (Phi) is 5.54. The summed E-state index contributed by atoms with van der Waals surface area (Å²) in [5.41, 5.74) is 0.414. The van der Waals surface area contributed by atoms with Gasteiger partial charge in [-0.3, -0.25) is 0 Å². The molecule has 1 atom stereocenters. The Morgan fingerprint density at radius 1 is 1.21 bits per heavy atom. The third-order valence-electron chi connectivity index (χ3n) is 3.47. The van der Waals surface area contributed by atoms with Crippen LogP contribution in [0.4, 0.5) is 30.6 Å². The molecular weight excluding hydrogens is 341 g/mol. The van der Waals surface area contributed by atoms with E-state index in [0.29, 0.717) is 10.7 Å². The summed E-state index contributed by atoms with van der Waals surface area (Å²) in [6.07, 6.45) is -3.83. The number of anilines is 3. The number of aryl methyl sites for hydroxylation is 1. The molecule has 130 valence electrons. The van der Waals surface area contributed by atoms with E-state index < -0.39 is 11.9 Å². The van der Waals surface area contributed by atoms with Gasteiger partial charge < -0.3 is 10.6 Å². The topological polar surface area (TPSA) is 49.8 Å². The first-order chi connectivity index (χ1) is 11.2. The molecule has 0 aliphatic heterocycles. The third kappa shape index (κ3) is 4.74. The van der Waals surface area contributed by atoms with Crippen molar-refractivity contribution in [2.45, 2.75) is 39.4 Å². The molecule has 2 aromatic rings. The maximum absolute atomic E-state index is 13.1. The van der Waals surface area contributed by atoms with Crippen molar-refractivity contribution in [3.8, 4) is 0 Å². The van der Waals surface area contributed by atoms with Crippen LogP contribution in [-0.4, -0.2) is 16.0 Å². The molecule has 1 aromatic heterocycles. The number of alkyl halides is 3. The van der Waals surface area contributed by atoms with Gasteiger partial charge in [0.1, 0.15) is 5.82 Å². The Hall–Kier alpha value is -2.02. The molecule has 4 nitrogen and oxygen atoms in total. The van der Waals surface area contributed by atoms with Crippen LogP contribution in [-0.2, 0) is 6.18 Å². The quantitative estimate of drug-likeness (QED) is 0.750. The van der Waals surface area contributed by atoms with Crippen molar-refractivity contribution in [2.24, 2.45) is 0 Å². The number of hydrogen-bond donors (Lipinski definition) is 2. The molecule has 0 bridgehead atoms. The van der Waals surface area contributed by atoms with Gasteiger partial charge in [0.15, 0.2) is 5.69 Å². The minimum absolute atomic E-state index is 0.0470. The van der Waals surface area contributed by atoms with Crippen LogP contribution in [0, 0.1) is 6.92 Å². The number of hydrogen-bond acceptors (Lipinski definition) is 4. The fourth-order valence-corrected chi connectivity index (χ4v) is 2.08. The van der Waals surface area contributed by atoms with E-state index in [2.05, 4.69) is 20.6 Å². The third-order valence-corrected chi connectivity index (χ3v) is 3.70. The highest BCUT2D eigenvalue weighted by Gasteiger charge is 2.34. The minimum Gasteiger partial charge on any atom is -0.352 e. The zero-order valence-corrected chi connectivity index (χ0v) is 14.3. The molecule has 0 saturated carbocycles. The van der Waals surface area contributed by atoms with Crippen molar-refractivity contribution in [3.05, 3.63) is 40.5 Å². The van der Waals surface area contributed by atoms with Gasteiger partial charge >= 0.3 is 6.18 Å². The summed E-state index contributed by atoms with van der Waals surface area (Å²) < 4.78 is 39.2. The van der Waals surface area contributed by atoms with Crippen molar-refractivity contribution >= 4 is 29.1 Å². The van der Waals surface area contributed by atoms with Crippen molar-refractivity contribution < 1.29 is 13.2 Å². The second kappa shape index (κ2) is 7.25. The van der Waals surface area contributed by atoms with Gasteiger partial charge in [-0.05, 0) is 38.0 Å². The van der Waals surface area contributed by atoms with E-state index in [1.807, 2.05) is 20.8 Å². The van der Waals surface area contributed by atoms with Crippen LogP contribution in [0.3, 0.4) is 0 Å². The minimum atomic E-state index is -4.56. The first kappa shape index (κ1) is 18.3. The van der Waals surface area contributed by atoms with Gasteiger partial charge in [0.25, 0.3) is 0 Å². The Labute approximate surface area is 143 Å². The predicted octanol–water partition coefficient (Wildman–Crippen LogP) is 5.41. The van der Waals surface area contributed by atoms with Gasteiger partial charge in [-0.15, -0.1) is 0 Å². The normalized spacial score (nSPS) is 12.8. The lowest BCUT2D eigenvalue weighted by molar-refractivity contribution is -0.141. The van der Waals surface area contributed by atoms with E-state index in [4.69, 9.17) is 11.6 Å². The Balaban J connectivity index is 2.40. The van der Waals surface area contributed by atoms with Gasteiger partial charge in [0.05, 0.1) is 0 Å². The van der Waals surface area contributed by atoms with Crippen LogP contribution >= 0.6 is 11.6 Å². The average molecular weight is 359 g/mol. The lowest BCUT2D eigenvalue weighted by Gasteiger charge is -2.16. The highest BCUT2D eigenvalue weighted by Crippen LogP contribution is 2.31. The van der Waals surface area contributed by atoms with Crippen molar-refractivity contribution in [3.63, 3.8) is 0 Å². The molecule has 0 radical (unpaired) electrons. The maximum atomic E-state index is 13.1. The molecule has 0 aliphatic rings. The van der Waals surface area contributed by atoms with E-state index in [9.17, 15) is 13.2 Å². The molecule has 2 rings (SSSR count). The van der Waals surface area contributed by atoms with E-state index in [1.165, 1.54) is 0 Å². The van der Waals surface area contributed by atoms with Gasteiger partial charge in [-0.25, -0.2) is 4.98 Å². The molecule has 0 fully saturated rings. The summed E-state index contributed by atoms with van der Waals surface area (Å²) >= 11 is 5.94. The number of benzene rings is 1. The van der Waals surface area contributed by atoms with Crippen LogP contribution in [0.25, 0.3) is 0 Å². The first-order valence-corrected chi connectivity index (χ1v) is 7.83. The summed E-state index contributed by atoms with van der Waals surface area (Å²) in [4.78, 5) is 7.69. The summed E-state index contributed by atoms with van der Waals surface area (Å²) in [5, 5.41) is 6.23. The summed E-state index contributed by atoms with van der Waals surface area (Å²) in [5.74, 6) is -0.0187. The lowest BCUT2D eigenvalue weighted by atomic mass is 10.2.